The molecule has 0 bridgehead atoms. The SMILES string of the molecule is CCN(CCO)CCOc1cccc(C=Cc2ccccc2)c1.Cl. The van der Waals surface area contributed by atoms with Crippen molar-refractivity contribution in [1.82, 2.24) is 4.90 Å². The van der Waals surface area contributed by atoms with Crippen LogP contribution in [0.15, 0.2) is 54.6 Å². The third kappa shape index (κ3) is 7.18. The Morgan fingerprint density at radius 3 is 2.38 bits per heavy atom. The van der Waals surface area contributed by atoms with E-state index in [-0.39, 0.29) is 19.0 Å². The average molecular weight is 348 g/mol. The lowest BCUT2D eigenvalue weighted by molar-refractivity contribution is 0.174. The van der Waals surface area contributed by atoms with Crippen molar-refractivity contribution in [3.05, 3.63) is 65.7 Å². The van der Waals surface area contributed by atoms with E-state index in [0.29, 0.717) is 13.2 Å². The molecule has 1 N–H and O–H groups in total. The molecule has 0 aliphatic carbocycles. The molecule has 24 heavy (non-hydrogen) atoms. The molecule has 0 heterocycles. The Kier molecular flexibility index (Phi) is 9.85. The summed E-state index contributed by atoms with van der Waals surface area (Å²) in [4.78, 5) is 2.17. The highest BCUT2D eigenvalue weighted by molar-refractivity contribution is 5.85. The monoisotopic (exact) mass is 347 g/mol. The molecule has 2 aromatic rings. The van der Waals surface area contributed by atoms with Crippen LogP contribution in [0.25, 0.3) is 12.2 Å². The van der Waals surface area contributed by atoms with Gasteiger partial charge in [-0.05, 0) is 29.8 Å². The van der Waals surface area contributed by atoms with Gasteiger partial charge in [-0.1, -0.05) is 61.5 Å². The lowest BCUT2D eigenvalue weighted by Gasteiger charge is -2.19. The second kappa shape index (κ2) is 11.7. The van der Waals surface area contributed by atoms with Gasteiger partial charge in [0.25, 0.3) is 0 Å². The second-order valence-corrected chi connectivity index (χ2v) is 5.32. The van der Waals surface area contributed by atoms with Crippen LogP contribution in [0, 0.1) is 0 Å². The van der Waals surface area contributed by atoms with Crippen molar-refractivity contribution in [3.8, 4) is 5.75 Å². The summed E-state index contributed by atoms with van der Waals surface area (Å²) in [7, 11) is 0. The van der Waals surface area contributed by atoms with Crippen molar-refractivity contribution in [1.29, 1.82) is 0 Å². The number of benzene rings is 2. The van der Waals surface area contributed by atoms with Gasteiger partial charge in [-0.2, -0.15) is 0 Å². The topological polar surface area (TPSA) is 32.7 Å². The van der Waals surface area contributed by atoms with Gasteiger partial charge in [-0.15, -0.1) is 12.4 Å². The number of rotatable bonds is 9. The van der Waals surface area contributed by atoms with Gasteiger partial charge in [0.2, 0.25) is 0 Å². The number of likely N-dealkylation sites (N-methyl/N-ethyl adjacent to an activating group) is 1. The molecular formula is C20H26ClNO2. The molecule has 0 saturated carbocycles. The fraction of sp³-hybridized carbons (Fsp3) is 0.300. The van der Waals surface area contributed by atoms with Crippen molar-refractivity contribution >= 4 is 24.6 Å². The van der Waals surface area contributed by atoms with E-state index in [9.17, 15) is 0 Å². The van der Waals surface area contributed by atoms with E-state index in [2.05, 4.69) is 42.2 Å². The zero-order chi connectivity index (χ0) is 16.3. The van der Waals surface area contributed by atoms with Crippen molar-refractivity contribution in [2.75, 3.05) is 32.8 Å². The first-order valence-electron chi connectivity index (χ1n) is 8.11. The number of halogens is 1. The Balaban J connectivity index is 0.00000288. The highest BCUT2D eigenvalue weighted by Crippen LogP contribution is 2.16. The molecule has 3 nitrogen and oxygen atoms in total. The largest absolute Gasteiger partial charge is 0.492 e. The maximum atomic E-state index is 8.98. The molecule has 4 heteroatoms. The lowest BCUT2D eigenvalue weighted by Crippen LogP contribution is -2.30. The van der Waals surface area contributed by atoms with E-state index in [1.165, 1.54) is 5.56 Å². The Labute approximate surface area is 151 Å². The quantitative estimate of drug-likeness (QED) is 0.697. The fourth-order valence-electron chi connectivity index (χ4n) is 2.33. The van der Waals surface area contributed by atoms with E-state index < -0.39 is 0 Å². The molecule has 0 aliphatic heterocycles. The second-order valence-electron chi connectivity index (χ2n) is 5.32. The summed E-state index contributed by atoms with van der Waals surface area (Å²) in [5.74, 6) is 0.875. The lowest BCUT2D eigenvalue weighted by atomic mass is 10.1. The van der Waals surface area contributed by atoms with E-state index >= 15 is 0 Å². The summed E-state index contributed by atoms with van der Waals surface area (Å²) >= 11 is 0. The summed E-state index contributed by atoms with van der Waals surface area (Å²) < 4.78 is 5.82. The average Bonchev–Trinajstić information content (AvgIpc) is 2.60. The van der Waals surface area contributed by atoms with Gasteiger partial charge in [-0.3, -0.25) is 4.90 Å². The molecule has 0 radical (unpaired) electrons. The number of aliphatic hydroxyl groups excluding tert-OH is 1. The Hall–Kier alpha value is -1.81. The third-order valence-electron chi connectivity index (χ3n) is 3.67. The third-order valence-corrected chi connectivity index (χ3v) is 3.67. The molecule has 0 atom stereocenters. The minimum Gasteiger partial charge on any atom is -0.492 e. The predicted octanol–water partition coefficient (Wildman–Crippen LogP) is 3.97. The molecule has 0 amide bonds. The molecule has 0 spiro atoms. The molecule has 2 rings (SSSR count). The zero-order valence-electron chi connectivity index (χ0n) is 14.1. The smallest absolute Gasteiger partial charge is 0.119 e. The Bertz CT molecular complexity index is 602. The highest BCUT2D eigenvalue weighted by atomic mass is 35.5. The van der Waals surface area contributed by atoms with E-state index in [0.717, 1.165) is 24.4 Å². The summed E-state index contributed by atoms with van der Waals surface area (Å²) in [6.45, 7) is 5.34. The van der Waals surface area contributed by atoms with Gasteiger partial charge in [0.1, 0.15) is 12.4 Å². The summed E-state index contributed by atoms with van der Waals surface area (Å²) in [5.41, 5.74) is 2.30. The first-order valence-corrected chi connectivity index (χ1v) is 8.11. The zero-order valence-corrected chi connectivity index (χ0v) is 14.9. The van der Waals surface area contributed by atoms with Gasteiger partial charge < -0.3 is 9.84 Å². The van der Waals surface area contributed by atoms with Gasteiger partial charge in [0.15, 0.2) is 0 Å². The van der Waals surface area contributed by atoms with Crippen LogP contribution in [0.5, 0.6) is 5.75 Å². The number of nitrogens with zero attached hydrogens (tertiary/aromatic N) is 1. The Morgan fingerprint density at radius 2 is 1.67 bits per heavy atom. The minimum absolute atomic E-state index is 0. The van der Waals surface area contributed by atoms with Crippen LogP contribution in [0.1, 0.15) is 18.1 Å². The van der Waals surface area contributed by atoms with Crippen molar-refractivity contribution in [3.63, 3.8) is 0 Å². The maximum Gasteiger partial charge on any atom is 0.119 e. The molecule has 0 fully saturated rings. The van der Waals surface area contributed by atoms with Gasteiger partial charge in [-0.25, -0.2) is 0 Å². The van der Waals surface area contributed by atoms with Crippen molar-refractivity contribution in [2.45, 2.75) is 6.92 Å². The van der Waals surface area contributed by atoms with Crippen LogP contribution in [-0.2, 0) is 0 Å². The predicted molar refractivity (Wildman–Crippen MR) is 104 cm³/mol. The van der Waals surface area contributed by atoms with Crippen LogP contribution in [-0.4, -0.2) is 42.9 Å². The van der Waals surface area contributed by atoms with Crippen LogP contribution in [0.4, 0.5) is 0 Å². The van der Waals surface area contributed by atoms with Gasteiger partial charge in [0, 0.05) is 13.1 Å². The van der Waals surface area contributed by atoms with E-state index in [1.54, 1.807) is 0 Å². The maximum absolute atomic E-state index is 8.98. The molecular weight excluding hydrogens is 322 g/mol. The highest BCUT2D eigenvalue weighted by Gasteiger charge is 2.01. The molecule has 0 unspecified atom stereocenters. The normalized spacial score (nSPS) is 10.8. The summed E-state index contributed by atoms with van der Waals surface area (Å²) in [6.07, 6.45) is 4.19. The first-order chi connectivity index (χ1) is 11.3. The number of hydrogen-bond acceptors (Lipinski definition) is 3. The summed E-state index contributed by atoms with van der Waals surface area (Å²) in [5, 5.41) is 8.98. The minimum atomic E-state index is 0. The van der Waals surface area contributed by atoms with E-state index in [4.69, 9.17) is 9.84 Å². The number of ether oxygens (including phenoxy) is 1. The standard InChI is InChI=1S/C20H25NO2.ClH/c1-2-21(13-15-22)14-16-23-20-10-6-9-19(17-20)12-11-18-7-4-3-5-8-18;/h3-12,17,22H,2,13-16H2,1H3;1H. The van der Waals surface area contributed by atoms with Gasteiger partial charge >= 0.3 is 0 Å². The molecule has 130 valence electrons. The fourth-order valence-corrected chi connectivity index (χ4v) is 2.33. The molecule has 0 aromatic heterocycles. The molecule has 0 aliphatic rings. The van der Waals surface area contributed by atoms with Gasteiger partial charge in [0.05, 0.1) is 6.61 Å². The molecule has 0 saturated heterocycles. The van der Waals surface area contributed by atoms with Crippen LogP contribution in [0.2, 0.25) is 0 Å². The number of aliphatic hydroxyl groups is 1. The van der Waals surface area contributed by atoms with Crippen molar-refractivity contribution in [2.24, 2.45) is 0 Å². The summed E-state index contributed by atoms with van der Waals surface area (Å²) in [6, 6.07) is 18.3. The van der Waals surface area contributed by atoms with Crippen LogP contribution >= 0.6 is 12.4 Å². The van der Waals surface area contributed by atoms with Crippen LogP contribution in [0.3, 0.4) is 0 Å². The first kappa shape index (κ1) is 20.2. The van der Waals surface area contributed by atoms with E-state index in [1.807, 2.05) is 36.4 Å². The van der Waals surface area contributed by atoms with Crippen LogP contribution < -0.4 is 4.74 Å². The van der Waals surface area contributed by atoms with Crippen molar-refractivity contribution < 1.29 is 9.84 Å². The Morgan fingerprint density at radius 1 is 0.958 bits per heavy atom. The number of hydrogen-bond donors (Lipinski definition) is 1. The molecule has 2 aromatic carbocycles.